The van der Waals surface area contributed by atoms with Crippen LogP contribution in [0.15, 0.2) is 101 Å². The van der Waals surface area contributed by atoms with E-state index in [2.05, 4.69) is 14.7 Å². The molecule has 0 aliphatic carbocycles. The van der Waals surface area contributed by atoms with Crippen molar-refractivity contribution in [2.45, 2.75) is 11.1 Å². The number of aromatic nitrogens is 3. The van der Waals surface area contributed by atoms with Crippen LogP contribution in [0, 0.1) is 11.6 Å². The quantitative estimate of drug-likeness (QED) is 0.113. The normalized spacial score (nSPS) is 13.1. The van der Waals surface area contributed by atoms with Crippen molar-refractivity contribution in [2.24, 2.45) is 0 Å². The molecule has 0 radical (unpaired) electrons. The minimum Gasteiger partial charge on any atom is -0.479 e. The summed E-state index contributed by atoms with van der Waals surface area (Å²) in [6.45, 7) is 0. The molecule has 0 bridgehead atoms. The van der Waals surface area contributed by atoms with Gasteiger partial charge in [-0.1, -0.05) is 12.1 Å². The van der Waals surface area contributed by atoms with E-state index >= 15 is 0 Å². The van der Waals surface area contributed by atoms with Crippen molar-refractivity contribution in [3.8, 4) is 22.7 Å². The van der Waals surface area contributed by atoms with Gasteiger partial charge in [-0.25, -0.2) is 13.8 Å². The van der Waals surface area contributed by atoms with Crippen molar-refractivity contribution < 1.29 is 35.5 Å². The fraction of sp³-hybridized carbons (Fsp3) is 0.0645. The Morgan fingerprint density at radius 2 is 1.71 bits per heavy atom. The minimum atomic E-state index is -4.63. The average Bonchev–Trinajstić information content (AvgIpc) is 3.00. The van der Waals surface area contributed by atoms with Crippen molar-refractivity contribution in [2.75, 3.05) is 11.8 Å². The summed E-state index contributed by atoms with van der Waals surface area (Å²) in [6.07, 6.45) is -1.72. The molecule has 0 aliphatic heterocycles. The van der Waals surface area contributed by atoms with Gasteiger partial charge in [0, 0.05) is 52.6 Å². The number of hydrogen-bond donors (Lipinski definition) is 2. The van der Waals surface area contributed by atoms with Gasteiger partial charge in [-0.05, 0) is 58.3 Å². The first-order valence-corrected chi connectivity index (χ1v) is 14.5. The first kappa shape index (κ1) is 29.8. The number of halogens is 5. The molecule has 6 rings (SSSR count). The Morgan fingerprint density at radius 3 is 2.44 bits per heavy atom. The average molecular weight is 640 g/mol. The molecule has 3 aromatic heterocycles. The molecule has 0 aliphatic rings. The van der Waals surface area contributed by atoms with Crippen LogP contribution in [0.25, 0.3) is 38.6 Å². The number of rotatable bonds is 6. The van der Waals surface area contributed by atoms with E-state index in [1.54, 1.807) is 18.2 Å². The first-order chi connectivity index (χ1) is 21.4. The maximum atomic E-state index is 14.4. The molecule has 1 unspecified atom stereocenters. The fourth-order valence-electron chi connectivity index (χ4n) is 4.92. The zero-order valence-electron chi connectivity index (χ0n) is 23.0. The van der Waals surface area contributed by atoms with E-state index in [1.165, 1.54) is 54.4 Å². The molecular formula is C31H20F5N4O4S+. The Balaban J connectivity index is 1.51. The van der Waals surface area contributed by atoms with E-state index < -0.39 is 44.2 Å². The van der Waals surface area contributed by atoms with Crippen LogP contribution in [-0.4, -0.2) is 26.2 Å². The second-order valence-electron chi connectivity index (χ2n) is 9.83. The van der Waals surface area contributed by atoms with Gasteiger partial charge in [0.2, 0.25) is 5.88 Å². The van der Waals surface area contributed by atoms with Gasteiger partial charge >= 0.3 is 16.6 Å². The monoisotopic (exact) mass is 639 g/mol. The Bertz CT molecular complexity index is 2240. The van der Waals surface area contributed by atoms with Crippen LogP contribution in [-0.2, 0) is 20.8 Å². The zero-order valence-corrected chi connectivity index (χ0v) is 23.8. The maximum Gasteiger partial charge on any atom is 0.416 e. The van der Waals surface area contributed by atoms with Crippen LogP contribution in [0.3, 0.4) is 0 Å². The Morgan fingerprint density at radius 1 is 0.911 bits per heavy atom. The van der Waals surface area contributed by atoms with Gasteiger partial charge in [0.15, 0.2) is 5.82 Å². The number of hydrogen-bond acceptors (Lipinski definition) is 5. The lowest BCUT2D eigenvalue weighted by Gasteiger charge is -2.15. The summed E-state index contributed by atoms with van der Waals surface area (Å²) in [7, 11) is -3.03. The highest BCUT2D eigenvalue weighted by atomic mass is 32.3. The minimum absolute atomic E-state index is 0.00154. The van der Waals surface area contributed by atoms with Gasteiger partial charge in [0.05, 0.1) is 23.7 Å². The summed E-state index contributed by atoms with van der Waals surface area (Å²) in [5.41, 5.74) is 0.0256. The molecule has 228 valence electrons. The summed E-state index contributed by atoms with van der Waals surface area (Å²) < 4.78 is 101. The predicted molar refractivity (Wildman–Crippen MR) is 159 cm³/mol. The van der Waals surface area contributed by atoms with E-state index in [0.29, 0.717) is 39.0 Å². The van der Waals surface area contributed by atoms with Crippen LogP contribution < -0.4 is 15.0 Å². The molecule has 8 nitrogen and oxygen atoms in total. The molecule has 2 N–H and O–H groups in total. The number of fused-ring (bicyclic) bond motifs is 3. The second kappa shape index (κ2) is 11.1. The lowest BCUT2D eigenvalue weighted by molar-refractivity contribution is -0.137. The number of alkyl halides is 3. The van der Waals surface area contributed by atoms with E-state index in [-0.39, 0.29) is 17.3 Å². The number of methoxy groups -OCH3 is 1. The maximum absolute atomic E-state index is 14.4. The van der Waals surface area contributed by atoms with Crippen molar-refractivity contribution in [3.63, 3.8) is 0 Å². The Labute approximate surface area is 252 Å². The summed E-state index contributed by atoms with van der Waals surface area (Å²) in [6, 6.07) is 15.7. The van der Waals surface area contributed by atoms with Gasteiger partial charge in [0.1, 0.15) is 11.5 Å². The van der Waals surface area contributed by atoms with Crippen LogP contribution in [0.5, 0.6) is 5.88 Å². The zero-order chi connectivity index (χ0) is 32.1. The number of nitrogens with zero attached hydrogens (tertiary/aromatic N) is 3. The number of anilines is 1. The van der Waals surface area contributed by atoms with Crippen LogP contribution in [0.1, 0.15) is 5.56 Å². The van der Waals surface area contributed by atoms with Crippen LogP contribution in [0.2, 0.25) is 0 Å². The smallest absolute Gasteiger partial charge is 0.416 e. The second-order valence-corrected chi connectivity index (χ2v) is 11.5. The van der Waals surface area contributed by atoms with Crippen molar-refractivity contribution in [3.05, 3.63) is 119 Å². The summed E-state index contributed by atoms with van der Waals surface area (Å²) in [5, 5.41) is 0.901. The van der Waals surface area contributed by atoms with Gasteiger partial charge in [0.25, 0.3) is 10.5 Å². The molecule has 0 amide bonds. The standard InChI is InChI=1S/C31H19F5N4O4S/c1-44-30-26(39-45(42,43)27-9-7-21(32)14-24(27)33)12-19(16-38-30)17-5-8-25-23(11-17)29-18(15-37-25)6-10-28(41)40(29)22-4-2-3-20(13-22)31(34,35)36/h2-16H,1H3,(H-,39,42,43)/p+1. The third-order valence-corrected chi connectivity index (χ3v) is 8.39. The highest BCUT2D eigenvalue weighted by Crippen LogP contribution is 2.35. The highest BCUT2D eigenvalue weighted by Gasteiger charge is 2.35. The van der Waals surface area contributed by atoms with Crippen molar-refractivity contribution >= 4 is 37.9 Å². The fourth-order valence-corrected chi connectivity index (χ4v) is 6.05. The third-order valence-electron chi connectivity index (χ3n) is 6.97. The largest absolute Gasteiger partial charge is 0.479 e. The van der Waals surface area contributed by atoms with Crippen molar-refractivity contribution in [1.82, 2.24) is 14.5 Å². The van der Waals surface area contributed by atoms with E-state index in [1.807, 2.05) is 0 Å². The number of ether oxygens (including phenoxy) is 1. The Kier molecular flexibility index (Phi) is 7.33. The number of pyridine rings is 3. The molecule has 1 atom stereocenters. The number of benzene rings is 3. The van der Waals surface area contributed by atoms with Gasteiger partial charge in [-0.3, -0.25) is 14.3 Å². The molecule has 3 heterocycles. The Hall–Kier alpha value is -5.21. The molecule has 3 aromatic carbocycles. The highest BCUT2D eigenvalue weighted by molar-refractivity contribution is 7.99. The van der Waals surface area contributed by atoms with Crippen LogP contribution in [0.4, 0.5) is 27.6 Å². The molecule has 0 fully saturated rings. The lowest BCUT2D eigenvalue weighted by Crippen LogP contribution is -2.22. The topological polar surface area (TPSA) is 106 Å². The SMILES string of the molecule is COc1ncc(-c2ccc3ncc4ccc(=O)n(-c5cccc(C(F)(F)F)c5)c4c3c2)cc1N[S+](=O)(O)c1ccc(F)cc1F. The molecule has 0 spiro atoms. The number of nitrogens with one attached hydrogen (secondary N) is 1. The summed E-state index contributed by atoms with van der Waals surface area (Å²) in [5.74, 6) is -2.27. The summed E-state index contributed by atoms with van der Waals surface area (Å²) >= 11 is 0. The molecule has 45 heavy (non-hydrogen) atoms. The van der Waals surface area contributed by atoms with Gasteiger partial charge < -0.3 is 4.74 Å². The van der Waals surface area contributed by atoms with Crippen LogP contribution >= 0.6 is 0 Å². The molecule has 0 saturated heterocycles. The van der Waals surface area contributed by atoms with E-state index in [9.17, 15) is 35.5 Å². The third kappa shape index (κ3) is 5.60. The molecular weight excluding hydrogens is 619 g/mol. The molecule has 0 saturated carbocycles. The molecule has 6 aromatic rings. The summed E-state index contributed by atoms with van der Waals surface area (Å²) in [4.78, 5) is 21.1. The van der Waals surface area contributed by atoms with E-state index in [4.69, 9.17) is 4.74 Å². The lowest BCUT2D eigenvalue weighted by atomic mass is 10.0. The van der Waals surface area contributed by atoms with Gasteiger partial charge in [-0.15, -0.1) is 0 Å². The van der Waals surface area contributed by atoms with Crippen molar-refractivity contribution in [1.29, 1.82) is 0 Å². The van der Waals surface area contributed by atoms with Gasteiger partial charge in [-0.2, -0.15) is 22.4 Å². The first-order valence-electron chi connectivity index (χ1n) is 13.0. The molecule has 14 heteroatoms. The predicted octanol–water partition coefficient (Wildman–Crippen LogP) is 7.27. The van der Waals surface area contributed by atoms with E-state index in [0.717, 1.165) is 24.3 Å².